The average molecular weight is 356 g/mol. The SMILES string of the molecule is COc1ccc(SCCC(=O)Nc2ccc3c(c2)C(=O)NC3=O)cc1. The van der Waals surface area contributed by atoms with Crippen molar-refractivity contribution in [2.75, 3.05) is 18.2 Å². The third-order valence-corrected chi connectivity index (χ3v) is 4.69. The molecule has 3 amide bonds. The molecule has 6 nitrogen and oxygen atoms in total. The molecule has 0 aliphatic carbocycles. The summed E-state index contributed by atoms with van der Waals surface area (Å²) in [5.74, 6) is 0.425. The van der Waals surface area contributed by atoms with Crippen LogP contribution in [-0.4, -0.2) is 30.6 Å². The summed E-state index contributed by atoms with van der Waals surface area (Å²) in [5, 5.41) is 4.97. The van der Waals surface area contributed by atoms with Crippen LogP contribution in [0.1, 0.15) is 27.1 Å². The van der Waals surface area contributed by atoms with Gasteiger partial charge >= 0.3 is 0 Å². The lowest BCUT2D eigenvalue weighted by Gasteiger charge is -2.07. The van der Waals surface area contributed by atoms with Gasteiger partial charge in [0.25, 0.3) is 11.8 Å². The highest BCUT2D eigenvalue weighted by Gasteiger charge is 2.26. The maximum absolute atomic E-state index is 12.0. The summed E-state index contributed by atoms with van der Waals surface area (Å²) in [7, 11) is 1.62. The first kappa shape index (κ1) is 17.0. The summed E-state index contributed by atoms with van der Waals surface area (Å²) < 4.78 is 5.10. The Morgan fingerprint density at radius 1 is 1.08 bits per heavy atom. The van der Waals surface area contributed by atoms with Gasteiger partial charge in [-0.1, -0.05) is 0 Å². The normalized spacial score (nSPS) is 12.5. The van der Waals surface area contributed by atoms with Gasteiger partial charge < -0.3 is 10.1 Å². The van der Waals surface area contributed by atoms with Gasteiger partial charge in [0, 0.05) is 22.8 Å². The number of hydrogen-bond donors (Lipinski definition) is 2. The minimum Gasteiger partial charge on any atom is -0.497 e. The van der Waals surface area contributed by atoms with Gasteiger partial charge in [0.05, 0.1) is 18.2 Å². The Kier molecular flexibility index (Phi) is 5.04. The van der Waals surface area contributed by atoms with Gasteiger partial charge in [0.2, 0.25) is 5.91 Å². The van der Waals surface area contributed by atoms with E-state index in [1.807, 2.05) is 24.3 Å². The third kappa shape index (κ3) is 4.00. The molecule has 0 spiro atoms. The molecule has 1 aliphatic rings. The van der Waals surface area contributed by atoms with Gasteiger partial charge in [-0.05, 0) is 42.5 Å². The molecule has 0 saturated carbocycles. The monoisotopic (exact) mass is 356 g/mol. The number of rotatable bonds is 6. The topological polar surface area (TPSA) is 84.5 Å². The minimum atomic E-state index is -0.439. The van der Waals surface area contributed by atoms with Crippen LogP contribution in [0.5, 0.6) is 5.75 Å². The van der Waals surface area contributed by atoms with Gasteiger partial charge in [0.15, 0.2) is 0 Å². The lowest BCUT2D eigenvalue weighted by molar-refractivity contribution is -0.115. The highest BCUT2D eigenvalue weighted by Crippen LogP contribution is 2.23. The van der Waals surface area contributed by atoms with Crippen molar-refractivity contribution >= 4 is 35.2 Å². The highest BCUT2D eigenvalue weighted by molar-refractivity contribution is 7.99. The number of methoxy groups -OCH3 is 1. The van der Waals surface area contributed by atoms with E-state index >= 15 is 0 Å². The van der Waals surface area contributed by atoms with Gasteiger partial charge in [-0.25, -0.2) is 0 Å². The minimum absolute atomic E-state index is 0.148. The molecule has 0 saturated heterocycles. The molecule has 0 radical (unpaired) electrons. The molecule has 1 aliphatic heterocycles. The molecular weight excluding hydrogens is 340 g/mol. The summed E-state index contributed by atoms with van der Waals surface area (Å²) in [4.78, 5) is 36.2. The Bertz CT molecular complexity index is 833. The van der Waals surface area contributed by atoms with Gasteiger partial charge in [-0.15, -0.1) is 11.8 Å². The number of fused-ring (bicyclic) bond motifs is 1. The van der Waals surface area contributed by atoms with Crippen LogP contribution in [0.2, 0.25) is 0 Å². The first-order valence-corrected chi connectivity index (χ1v) is 8.62. The molecule has 0 unspecified atom stereocenters. The van der Waals surface area contributed by atoms with Crippen molar-refractivity contribution in [1.29, 1.82) is 0 Å². The van der Waals surface area contributed by atoms with Crippen molar-refractivity contribution in [1.82, 2.24) is 5.32 Å². The molecule has 2 aromatic rings. The van der Waals surface area contributed by atoms with E-state index in [0.29, 0.717) is 23.4 Å². The second kappa shape index (κ2) is 7.40. The molecule has 1 heterocycles. The van der Waals surface area contributed by atoms with Crippen molar-refractivity contribution in [2.24, 2.45) is 0 Å². The van der Waals surface area contributed by atoms with Crippen molar-refractivity contribution < 1.29 is 19.1 Å². The molecule has 0 fully saturated rings. The fourth-order valence-electron chi connectivity index (χ4n) is 2.40. The van der Waals surface area contributed by atoms with Crippen molar-refractivity contribution in [3.63, 3.8) is 0 Å². The standard InChI is InChI=1S/C18H16N2O4S/c1-24-12-3-5-13(6-4-12)25-9-8-16(21)19-11-2-7-14-15(10-11)18(23)20-17(14)22/h2-7,10H,8-9H2,1H3,(H,19,21)(H,20,22,23). The van der Waals surface area contributed by atoms with E-state index < -0.39 is 11.8 Å². The van der Waals surface area contributed by atoms with E-state index in [0.717, 1.165) is 10.6 Å². The van der Waals surface area contributed by atoms with Crippen LogP contribution in [0.3, 0.4) is 0 Å². The number of thioether (sulfide) groups is 1. The molecule has 0 aromatic heterocycles. The molecule has 128 valence electrons. The summed E-state index contributed by atoms with van der Waals surface area (Å²) >= 11 is 1.57. The zero-order valence-corrected chi connectivity index (χ0v) is 14.3. The summed E-state index contributed by atoms with van der Waals surface area (Å²) in [5.41, 5.74) is 1.12. The molecule has 7 heteroatoms. The summed E-state index contributed by atoms with van der Waals surface area (Å²) in [6.07, 6.45) is 0.332. The number of benzene rings is 2. The zero-order valence-electron chi connectivity index (χ0n) is 13.5. The molecule has 2 aromatic carbocycles. The Morgan fingerprint density at radius 3 is 2.52 bits per heavy atom. The average Bonchev–Trinajstić information content (AvgIpc) is 2.89. The highest BCUT2D eigenvalue weighted by atomic mass is 32.2. The van der Waals surface area contributed by atoms with Crippen LogP contribution in [-0.2, 0) is 4.79 Å². The number of amides is 3. The number of hydrogen-bond acceptors (Lipinski definition) is 5. The quantitative estimate of drug-likeness (QED) is 0.614. The third-order valence-electron chi connectivity index (χ3n) is 3.68. The van der Waals surface area contributed by atoms with Gasteiger partial charge in [0.1, 0.15) is 5.75 Å². The van der Waals surface area contributed by atoms with Crippen LogP contribution >= 0.6 is 11.8 Å². The number of imide groups is 1. The lowest BCUT2D eigenvalue weighted by atomic mass is 10.1. The van der Waals surface area contributed by atoms with Crippen molar-refractivity contribution in [3.8, 4) is 5.75 Å². The Balaban J connectivity index is 1.52. The lowest BCUT2D eigenvalue weighted by Crippen LogP contribution is -2.19. The first-order chi connectivity index (χ1) is 12.1. The van der Waals surface area contributed by atoms with Crippen molar-refractivity contribution in [3.05, 3.63) is 53.6 Å². The Labute approximate surface area is 148 Å². The van der Waals surface area contributed by atoms with Gasteiger partial charge in [-0.3, -0.25) is 19.7 Å². The second-order valence-electron chi connectivity index (χ2n) is 5.37. The predicted molar refractivity (Wildman–Crippen MR) is 95.2 cm³/mol. The number of ether oxygens (including phenoxy) is 1. The predicted octanol–water partition coefficient (Wildman–Crippen LogP) is 2.70. The summed E-state index contributed by atoms with van der Waals surface area (Å²) in [6, 6.07) is 12.3. The van der Waals surface area contributed by atoms with Crippen LogP contribution in [0, 0.1) is 0 Å². The molecular formula is C18H16N2O4S. The Hall–Kier alpha value is -2.80. The van der Waals surface area contributed by atoms with E-state index in [-0.39, 0.29) is 11.5 Å². The fraction of sp³-hybridized carbons (Fsp3) is 0.167. The van der Waals surface area contributed by atoms with Crippen LogP contribution in [0.25, 0.3) is 0 Å². The molecule has 3 rings (SSSR count). The van der Waals surface area contributed by atoms with E-state index in [2.05, 4.69) is 10.6 Å². The molecule has 2 N–H and O–H groups in total. The number of anilines is 1. The first-order valence-electron chi connectivity index (χ1n) is 7.63. The molecule has 0 bridgehead atoms. The number of nitrogens with one attached hydrogen (secondary N) is 2. The number of carbonyl (C=O) groups excluding carboxylic acids is 3. The zero-order chi connectivity index (χ0) is 17.8. The van der Waals surface area contributed by atoms with Crippen LogP contribution < -0.4 is 15.4 Å². The smallest absolute Gasteiger partial charge is 0.259 e. The largest absolute Gasteiger partial charge is 0.497 e. The van der Waals surface area contributed by atoms with Gasteiger partial charge in [-0.2, -0.15) is 0 Å². The van der Waals surface area contributed by atoms with Crippen LogP contribution in [0.4, 0.5) is 5.69 Å². The fourth-order valence-corrected chi connectivity index (χ4v) is 3.25. The van der Waals surface area contributed by atoms with Crippen LogP contribution in [0.15, 0.2) is 47.4 Å². The Morgan fingerprint density at radius 2 is 1.80 bits per heavy atom. The molecule has 0 atom stereocenters. The maximum Gasteiger partial charge on any atom is 0.259 e. The molecule has 25 heavy (non-hydrogen) atoms. The van der Waals surface area contributed by atoms with Crippen molar-refractivity contribution in [2.45, 2.75) is 11.3 Å². The van der Waals surface area contributed by atoms with E-state index in [1.54, 1.807) is 24.9 Å². The summed E-state index contributed by atoms with van der Waals surface area (Å²) in [6.45, 7) is 0. The second-order valence-corrected chi connectivity index (χ2v) is 6.53. The van der Waals surface area contributed by atoms with E-state index in [9.17, 15) is 14.4 Å². The van der Waals surface area contributed by atoms with E-state index in [4.69, 9.17) is 4.74 Å². The van der Waals surface area contributed by atoms with E-state index in [1.165, 1.54) is 12.1 Å². The number of carbonyl (C=O) groups is 3. The maximum atomic E-state index is 12.0.